The van der Waals surface area contributed by atoms with E-state index in [1.54, 1.807) is 12.1 Å². The van der Waals surface area contributed by atoms with Gasteiger partial charge in [-0.05, 0) is 54.4 Å². The van der Waals surface area contributed by atoms with Crippen molar-refractivity contribution < 1.29 is 9.18 Å². The number of carbonyl (C=O) groups excluding carboxylic acids is 1. The van der Waals surface area contributed by atoms with E-state index in [1.807, 2.05) is 11.6 Å². The van der Waals surface area contributed by atoms with Gasteiger partial charge in [0.15, 0.2) is 5.82 Å². The van der Waals surface area contributed by atoms with Crippen molar-refractivity contribution in [3.05, 3.63) is 45.8 Å². The molecule has 0 aliphatic carbocycles. The van der Waals surface area contributed by atoms with Crippen molar-refractivity contribution in [1.82, 2.24) is 9.78 Å². The molecule has 0 spiro atoms. The predicted octanol–water partition coefficient (Wildman–Crippen LogP) is 4.32. The van der Waals surface area contributed by atoms with Gasteiger partial charge < -0.3 is 5.32 Å². The van der Waals surface area contributed by atoms with Crippen molar-refractivity contribution in [3.8, 4) is 0 Å². The van der Waals surface area contributed by atoms with Gasteiger partial charge in [0.25, 0.3) is 5.91 Å². The lowest BCUT2D eigenvalue weighted by atomic mass is 10.2. The summed E-state index contributed by atoms with van der Waals surface area (Å²) in [7, 11) is 0. The third kappa shape index (κ3) is 3.50. The molecule has 0 radical (unpaired) electrons. The van der Waals surface area contributed by atoms with E-state index in [-0.39, 0.29) is 17.5 Å². The van der Waals surface area contributed by atoms with E-state index in [2.05, 4.69) is 40.2 Å². The van der Waals surface area contributed by atoms with Crippen LogP contribution < -0.4 is 5.32 Å². The molecule has 0 unspecified atom stereocenters. The Morgan fingerprint density at radius 1 is 1.48 bits per heavy atom. The first-order chi connectivity index (χ1) is 9.92. The Hall–Kier alpha value is -1.69. The number of halogens is 2. The third-order valence-corrected chi connectivity index (χ3v) is 4.00. The molecule has 2 rings (SSSR count). The van der Waals surface area contributed by atoms with E-state index in [9.17, 15) is 9.18 Å². The summed E-state index contributed by atoms with van der Waals surface area (Å²) < 4.78 is 15.7. The monoisotopic (exact) mass is 353 g/mol. The second kappa shape index (κ2) is 6.39. The summed E-state index contributed by atoms with van der Waals surface area (Å²) in [5, 5.41) is 7.06. The minimum absolute atomic E-state index is 0.256. The van der Waals surface area contributed by atoms with E-state index in [0.717, 1.165) is 12.1 Å². The Morgan fingerprint density at radius 2 is 2.19 bits per heavy atom. The number of nitrogens with one attached hydrogen (secondary N) is 1. The van der Waals surface area contributed by atoms with E-state index in [0.29, 0.717) is 10.3 Å². The summed E-state index contributed by atoms with van der Waals surface area (Å²) in [5.74, 6) is -0.375. The molecule has 1 heterocycles. The molecule has 6 heteroatoms. The standard InChI is InChI=1S/C15H17BrFN3O/c1-4-9(2)20-10(3)7-14(19-20)18-15(21)11-5-6-12(16)13(17)8-11/h5-9H,4H2,1-3H3,(H,18,19,21)/t9-/m0/s1. The molecule has 4 nitrogen and oxygen atoms in total. The maximum atomic E-state index is 13.5. The van der Waals surface area contributed by atoms with Crippen LogP contribution in [0.5, 0.6) is 0 Å². The highest BCUT2D eigenvalue weighted by molar-refractivity contribution is 9.10. The van der Waals surface area contributed by atoms with Gasteiger partial charge in [0, 0.05) is 23.4 Å². The van der Waals surface area contributed by atoms with Crippen LogP contribution in [0, 0.1) is 12.7 Å². The van der Waals surface area contributed by atoms with Crippen LogP contribution in [0.4, 0.5) is 10.2 Å². The first-order valence-electron chi connectivity index (χ1n) is 6.75. The summed E-state index contributed by atoms with van der Waals surface area (Å²) in [6, 6.07) is 6.33. The van der Waals surface area contributed by atoms with Crippen molar-refractivity contribution >= 4 is 27.7 Å². The second-order valence-corrected chi connectivity index (χ2v) is 5.81. The smallest absolute Gasteiger partial charge is 0.256 e. The Bertz CT molecular complexity index is 669. The van der Waals surface area contributed by atoms with Crippen molar-refractivity contribution in [2.24, 2.45) is 0 Å². The van der Waals surface area contributed by atoms with Crippen LogP contribution in [-0.2, 0) is 0 Å². The number of anilines is 1. The predicted molar refractivity (Wildman–Crippen MR) is 84.0 cm³/mol. The van der Waals surface area contributed by atoms with Crippen LogP contribution in [0.3, 0.4) is 0 Å². The number of amides is 1. The quantitative estimate of drug-likeness (QED) is 0.889. The highest BCUT2D eigenvalue weighted by Gasteiger charge is 2.13. The minimum atomic E-state index is -0.469. The highest BCUT2D eigenvalue weighted by Crippen LogP contribution is 2.19. The molecule has 1 aromatic carbocycles. The zero-order valence-electron chi connectivity index (χ0n) is 12.2. The lowest BCUT2D eigenvalue weighted by Gasteiger charge is -2.10. The largest absolute Gasteiger partial charge is 0.305 e. The number of aryl methyl sites for hydroxylation is 1. The number of carbonyl (C=O) groups is 1. The van der Waals surface area contributed by atoms with Crippen LogP contribution in [-0.4, -0.2) is 15.7 Å². The molecule has 1 atom stereocenters. The topological polar surface area (TPSA) is 46.9 Å². The molecule has 0 saturated heterocycles. The number of rotatable bonds is 4. The second-order valence-electron chi connectivity index (χ2n) is 4.96. The third-order valence-electron chi connectivity index (χ3n) is 3.35. The van der Waals surface area contributed by atoms with Crippen molar-refractivity contribution in [2.75, 3.05) is 5.32 Å². The average Bonchev–Trinajstić information content (AvgIpc) is 2.81. The van der Waals surface area contributed by atoms with Crippen LogP contribution in [0.25, 0.3) is 0 Å². The van der Waals surface area contributed by atoms with E-state index < -0.39 is 5.82 Å². The maximum Gasteiger partial charge on any atom is 0.256 e. The number of hydrogen-bond donors (Lipinski definition) is 1. The van der Waals surface area contributed by atoms with E-state index in [1.165, 1.54) is 12.1 Å². The fraction of sp³-hybridized carbons (Fsp3) is 0.333. The summed E-state index contributed by atoms with van der Waals surface area (Å²) >= 11 is 3.06. The first kappa shape index (κ1) is 15.7. The van der Waals surface area contributed by atoms with Gasteiger partial charge in [-0.15, -0.1) is 0 Å². The molecule has 0 aliphatic rings. The Morgan fingerprint density at radius 3 is 2.81 bits per heavy atom. The lowest BCUT2D eigenvalue weighted by molar-refractivity contribution is 0.102. The summed E-state index contributed by atoms with van der Waals surface area (Å²) in [4.78, 5) is 12.1. The lowest BCUT2D eigenvalue weighted by Crippen LogP contribution is -2.13. The minimum Gasteiger partial charge on any atom is -0.305 e. The molecule has 0 saturated carbocycles. The molecule has 0 bridgehead atoms. The van der Waals surface area contributed by atoms with E-state index >= 15 is 0 Å². The van der Waals surface area contributed by atoms with Gasteiger partial charge in [0.1, 0.15) is 5.82 Å². The number of benzene rings is 1. The van der Waals surface area contributed by atoms with Gasteiger partial charge in [0.2, 0.25) is 0 Å². The molecule has 0 fully saturated rings. The maximum absolute atomic E-state index is 13.5. The number of hydrogen-bond acceptors (Lipinski definition) is 2. The normalized spacial score (nSPS) is 12.2. The molecule has 2 aromatic rings. The first-order valence-corrected chi connectivity index (χ1v) is 7.54. The Kier molecular flexibility index (Phi) is 4.77. The van der Waals surface area contributed by atoms with Crippen LogP contribution >= 0.6 is 15.9 Å². The Balaban J connectivity index is 2.18. The number of aromatic nitrogens is 2. The summed E-state index contributed by atoms with van der Waals surface area (Å²) in [6.45, 7) is 6.08. The van der Waals surface area contributed by atoms with Crippen LogP contribution in [0.15, 0.2) is 28.7 Å². The van der Waals surface area contributed by atoms with Crippen LogP contribution in [0.1, 0.15) is 42.4 Å². The van der Waals surface area contributed by atoms with E-state index in [4.69, 9.17) is 0 Å². The zero-order chi connectivity index (χ0) is 15.6. The van der Waals surface area contributed by atoms with Gasteiger partial charge >= 0.3 is 0 Å². The molecule has 1 aromatic heterocycles. The van der Waals surface area contributed by atoms with Gasteiger partial charge in [0.05, 0.1) is 4.47 Å². The zero-order valence-corrected chi connectivity index (χ0v) is 13.7. The molecular formula is C15H17BrFN3O. The summed E-state index contributed by atoms with van der Waals surface area (Å²) in [6.07, 6.45) is 0.952. The summed E-state index contributed by atoms with van der Waals surface area (Å²) in [5.41, 5.74) is 1.23. The van der Waals surface area contributed by atoms with Crippen molar-refractivity contribution in [3.63, 3.8) is 0 Å². The molecule has 21 heavy (non-hydrogen) atoms. The van der Waals surface area contributed by atoms with Gasteiger partial charge in [-0.25, -0.2) is 4.39 Å². The highest BCUT2D eigenvalue weighted by atomic mass is 79.9. The molecular weight excluding hydrogens is 337 g/mol. The van der Waals surface area contributed by atoms with Gasteiger partial charge in [-0.1, -0.05) is 6.92 Å². The molecule has 0 aliphatic heterocycles. The number of nitrogens with zero attached hydrogens (tertiary/aromatic N) is 2. The van der Waals surface area contributed by atoms with Crippen molar-refractivity contribution in [1.29, 1.82) is 0 Å². The Labute approximate surface area is 131 Å². The van der Waals surface area contributed by atoms with Gasteiger partial charge in [-0.3, -0.25) is 9.48 Å². The van der Waals surface area contributed by atoms with Gasteiger partial charge in [-0.2, -0.15) is 5.10 Å². The molecule has 112 valence electrons. The SMILES string of the molecule is CC[C@H](C)n1nc(NC(=O)c2ccc(Br)c(F)c2)cc1C. The molecule has 1 N–H and O–H groups in total. The molecule has 1 amide bonds. The van der Waals surface area contributed by atoms with Crippen LogP contribution in [0.2, 0.25) is 0 Å². The fourth-order valence-electron chi connectivity index (χ4n) is 1.99. The fourth-order valence-corrected chi connectivity index (χ4v) is 2.24. The average molecular weight is 354 g/mol. The van der Waals surface area contributed by atoms with Crippen molar-refractivity contribution in [2.45, 2.75) is 33.2 Å².